The van der Waals surface area contributed by atoms with Crippen LogP contribution in [0.1, 0.15) is 24.2 Å². The first kappa shape index (κ1) is 11.7. The van der Waals surface area contributed by atoms with Crippen molar-refractivity contribution in [3.63, 3.8) is 0 Å². The van der Waals surface area contributed by atoms with Gasteiger partial charge < -0.3 is 9.84 Å². The van der Waals surface area contributed by atoms with Gasteiger partial charge in [0.2, 0.25) is 0 Å². The molecule has 0 saturated carbocycles. The highest BCUT2D eigenvalue weighted by molar-refractivity contribution is 5.34. The molecule has 1 atom stereocenters. The second-order valence-electron chi connectivity index (χ2n) is 3.86. The fourth-order valence-electron chi connectivity index (χ4n) is 1.71. The number of aryl methyl sites for hydroxylation is 1. The van der Waals surface area contributed by atoms with Gasteiger partial charge in [0.05, 0.1) is 12.8 Å². The smallest absolute Gasteiger partial charge is 0.119 e. The van der Waals surface area contributed by atoms with Crippen LogP contribution in [0.4, 0.5) is 0 Å². The Kier molecular flexibility index (Phi) is 3.44. The average molecular weight is 232 g/mol. The van der Waals surface area contributed by atoms with E-state index in [4.69, 9.17) is 4.74 Å². The molecule has 2 rings (SSSR count). The van der Waals surface area contributed by atoms with Crippen LogP contribution in [0, 0.1) is 0 Å². The molecule has 0 fully saturated rings. The third-order valence-corrected chi connectivity index (χ3v) is 2.53. The summed E-state index contributed by atoms with van der Waals surface area (Å²) in [4.78, 5) is 0. The van der Waals surface area contributed by atoms with Crippen LogP contribution in [0.15, 0.2) is 36.7 Å². The summed E-state index contributed by atoms with van der Waals surface area (Å²) in [6.07, 6.45) is 2.81. The highest BCUT2D eigenvalue weighted by atomic mass is 16.5. The lowest BCUT2D eigenvalue weighted by Gasteiger charge is -2.10. The van der Waals surface area contributed by atoms with E-state index in [-0.39, 0.29) is 0 Å². The van der Waals surface area contributed by atoms with E-state index in [1.165, 1.54) is 0 Å². The molecule has 0 aliphatic carbocycles. The molecule has 0 saturated heterocycles. The number of ether oxygens (including phenoxy) is 1. The Hall–Kier alpha value is -1.81. The lowest BCUT2D eigenvalue weighted by molar-refractivity contribution is 0.219. The van der Waals surface area contributed by atoms with E-state index >= 15 is 0 Å². The van der Waals surface area contributed by atoms with Crippen molar-refractivity contribution in [3.05, 3.63) is 47.8 Å². The summed E-state index contributed by atoms with van der Waals surface area (Å²) in [5.41, 5.74) is 1.59. The van der Waals surface area contributed by atoms with E-state index in [1.807, 2.05) is 38.2 Å². The SMILES string of the molecule is CCOc1cccc(C(O)c2cnn(C)c2)c1. The molecule has 4 nitrogen and oxygen atoms in total. The second kappa shape index (κ2) is 5.01. The van der Waals surface area contributed by atoms with Gasteiger partial charge in [-0.05, 0) is 24.6 Å². The van der Waals surface area contributed by atoms with E-state index in [9.17, 15) is 5.11 Å². The molecule has 1 aromatic carbocycles. The summed E-state index contributed by atoms with van der Waals surface area (Å²) in [5.74, 6) is 0.771. The van der Waals surface area contributed by atoms with Gasteiger partial charge in [0.25, 0.3) is 0 Å². The number of rotatable bonds is 4. The molecule has 1 unspecified atom stereocenters. The Bertz CT molecular complexity index is 494. The van der Waals surface area contributed by atoms with Crippen molar-refractivity contribution in [1.82, 2.24) is 9.78 Å². The molecule has 1 heterocycles. The maximum atomic E-state index is 10.2. The van der Waals surface area contributed by atoms with E-state index in [1.54, 1.807) is 17.1 Å². The van der Waals surface area contributed by atoms with Crippen LogP contribution in [0.3, 0.4) is 0 Å². The molecule has 4 heteroatoms. The Morgan fingerprint density at radius 1 is 1.41 bits per heavy atom. The lowest BCUT2D eigenvalue weighted by atomic mass is 10.0. The van der Waals surface area contributed by atoms with Gasteiger partial charge in [0, 0.05) is 18.8 Å². The molecule has 0 spiro atoms. The van der Waals surface area contributed by atoms with Crippen LogP contribution in [0.2, 0.25) is 0 Å². The zero-order valence-electron chi connectivity index (χ0n) is 10.00. The second-order valence-corrected chi connectivity index (χ2v) is 3.86. The quantitative estimate of drug-likeness (QED) is 0.875. The summed E-state index contributed by atoms with van der Waals surface area (Å²) >= 11 is 0. The summed E-state index contributed by atoms with van der Waals surface area (Å²) < 4.78 is 7.08. The maximum Gasteiger partial charge on any atom is 0.119 e. The highest BCUT2D eigenvalue weighted by Gasteiger charge is 2.12. The standard InChI is InChI=1S/C13H16N2O2/c1-3-17-12-6-4-5-10(7-12)13(16)11-8-14-15(2)9-11/h4-9,13,16H,3H2,1-2H3. The monoisotopic (exact) mass is 232 g/mol. The third kappa shape index (κ3) is 2.65. The van der Waals surface area contributed by atoms with Crippen molar-refractivity contribution in [2.24, 2.45) is 7.05 Å². The Morgan fingerprint density at radius 2 is 2.24 bits per heavy atom. The van der Waals surface area contributed by atoms with Gasteiger partial charge in [-0.3, -0.25) is 4.68 Å². The zero-order valence-corrected chi connectivity index (χ0v) is 10.00. The number of benzene rings is 1. The van der Waals surface area contributed by atoms with Crippen molar-refractivity contribution in [2.45, 2.75) is 13.0 Å². The topological polar surface area (TPSA) is 47.3 Å². The number of aromatic nitrogens is 2. The summed E-state index contributed by atoms with van der Waals surface area (Å²) in [5, 5.41) is 14.2. The van der Waals surface area contributed by atoms with Gasteiger partial charge in [-0.2, -0.15) is 5.10 Å². The minimum atomic E-state index is -0.663. The van der Waals surface area contributed by atoms with Gasteiger partial charge in [-0.25, -0.2) is 0 Å². The molecule has 2 aromatic rings. The largest absolute Gasteiger partial charge is 0.494 e. The van der Waals surface area contributed by atoms with Crippen molar-refractivity contribution < 1.29 is 9.84 Å². The van der Waals surface area contributed by atoms with Crippen LogP contribution < -0.4 is 4.74 Å². The molecule has 1 aromatic heterocycles. The predicted octanol–water partition coefficient (Wildman–Crippen LogP) is 1.90. The fraction of sp³-hybridized carbons (Fsp3) is 0.308. The minimum absolute atomic E-state index is 0.618. The van der Waals surface area contributed by atoms with Crippen molar-refractivity contribution in [3.8, 4) is 5.75 Å². The van der Waals surface area contributed by atoms with Crippen molar-refractivity contribution in [2.75, 3.05) is 6.61 Å². The number of aliphatic hydroxyl groups excluding tert-OH is 1. The Balaban J connectivity index is 2.24. The lowest BCUT2D eigenvalue weighted by Crippen LogP contribution is -1.99. The summed E-state index contributed by atoms with van der Waals surface area (Å²) in [6, 6.07) is 7.48. The van der Waals surface area contributed by atoms with Crippen molar-refractivity contribution >= 4 is 0 Å². The molecule has 0 radical (unpaired) electrons. The molecule has 0 aliphatic rings. The number of hydrogen-bond donors (Lipinski definition) is 1. The number of hydrogen-bond acceptors (Lipinski definition) is 3. The average Bonchev–Trinajstić information content (AvgIpc) is 2.76. The van der Waals surface area contributed by atoms with E-state index in [2.05, 4.69) is 5.10 Å². The molecule has 90 valence electrons. The van der Waals surface area contributed by atoms with E-state index in [0.717, 1.165) is 16.9 Å². The molecule has 1 N–H and O–H groups in total. The van der Waals surface area contributed by atoms with Crippen LogP contribution in [-0.2, 0) is 7.05 Å². The molecule has 17 heavy (non-hydrogen) atoms. The molecule has 0 amide bonds. The summed E-state index contributed by atoms with van der Waals surface area (Å²) in [6.45, 7) is 2.55. The molecular weight excluding hydrogens is 216 g/mol. The van der Waals surface area contributed by atoms with Gasteiger partial charge >= 0.3 is 0 Å². The third-order valence-electron chi connectivity index (χ3n) is 2.53. The van der Waals surface area contributed by atoms with Crippen LogP contribution in [-0.4, -0.2) is 21.5 Å². The highest BCUT2D eigenvalue weighted by Crippen LogP contribution is 2.24. The first-order chi connectivity index (χ1) is 8.20. The normalized spacial score (nSPS) is 12.4. The van der Waals surface area contributed by atoms with Gasteiger partial charge in [-0.15, -0.1) is 0 Å². The van der Waals surface area contributed by atoms with Crippen LogP contribution in [0.5, 0.6) is 5.75 Å². The predicted molar refractivity (Wildman–Crippen MR) is 64.9 cm³/mol. The number of aliphatic hydroxyl groups is 1. The maximum absolute atomic E-state index is 10.2. The van der Waals surface area contributed by atoms with Crippen LogP contribution in [0.25, 0.3) is 0 Å². The summed E-state index contributed by atoms with van der Waals surface area (Å²) in [7, 11) is 1.83. The van der Waals surface area contributed by atoms with Crippen molar-refractivity contribution in [1.29, 1.82) is 0 Å². The Labute approximate surface area is 100 Å². The fourth-order valence-corrected chi connectivity index (χ4v) is 1.71. The van der Waals surface area contributed by atoms with Gasteiger partial charge in [0.15, 0.2) is 0 Å². The first-order valence-electron chi connectivity index (χ1n) is 5.60. The molecule has 0 aliphatic heterocycles. The zero-order chi connectivity index (χ0) is 12.3. The van der Waals surface area contributed by atoms with E-state index in [0.29, 0.717) is 6.61 Å². The van der Waals surface area contributed by atoms with Gasteiger partial charge in [-0.1, -0.05) is 12.1 Å². The van der Waals surface area contributed by atoms with Gasteiger partial charge in [0.1, 0.15) is 11.9 Å². The first-order valence-corrected chi connectivity index (χ1v) is 5.60. The molecular formula is C13H16N2O2. The minimum Gasteiger partial charge on any atom is -0.494 e. The Morgan fingerprint density at radius 3 is 2.88 bits per heavy atom. The van der Waals surface area contributed by atoms with Crippen LogP contribution >= 0.6 is 0 Å². The number of nitrogens with zero attached hydrogens (tertiary/aromatic N) is 2. The van der Waals surface area contributed by atoms with E-state index < -0.39 is 6.10 Å². The molecule has 0 bridgehead atoms.